The van der Waals surface area contributed by atoms with Crippen molar-refractivity contribution in [1.29, 1.82) is 0 Å². The number of nitrogens with one attached hydrogen (secondary N) is 1. The lowest BCUT2D eigenvalue weighted by Gasteiger charge is -2.12. The van der Waals surface area contributed by atoms with Crippen LogP contribution in [0.25, 0.3) is 0 Å². The molecule has 2 aromatic rings. The van der Waals surface area contributed by atoms with Gasteiger partial charge in [-0.15, -0.1) is 13.2 Å². The molecule has 0 aliphatic rings. The summed E-state index contributed by atoms with van der Waals surface area (Å²) in [5.74, 6) is -0.820. The Morgan fingerprint density at radius 3 is 2.38 bits per heavy atom. The molecule has 128 valence electrons. The third kappa shape index (κ3) is 4.63. The zero-order valence-electron chi connectivity index (χ0n) is 12.6. The number of benzene rings is 2. The molecule has 0 saturated heterocycles. The smallest absolute Gasteiger partial charge is 0.406 e. The van der Waals surface area contributed by atoms with Crippen LogP contribution in [0.5, 0.6) is 5.75 Å². The first-order valence-corrected chi connectivity index (χ1v) is 7.00. The minimum Gasteiger partial charge on any atom is -0.406 e. The van der Waals surface area contributed by atoms with Crippen molar-refractivity contribution in [3.63, 3.8) is 0 Å². The van der Waals surface area contributed by atoms with E-state index in [0.717, 1.165) is 23.3 Å². The molecule has 0 aromatic heterocycles. The molecule has 5 nitrogen and oxygen atoms in total. The summed E-state index contributed by atoms with van der Waals surface area (Å²) in [6, 6.07) is 9.91. The van der Waals surface area contributed by atoms with E-state index in [9.17, 15) is 18.0 Å². The number of hydrogen-bond acceptors (Lipinski definition) is 4. The van der Waals surface area contributed by atoms with Crippen LogP contribution in [0.1, 0.15) is 21.5 Å². The van der Waals surface area contributed by atoms with E-state index < -0.39 is 12.3 Å². The van der Waals surface area contributed by atoms with Crippen molar-refractivity contribution in [3.8, 4) is 5.75 Å². The number of ether oxygens (including phenoxy) is 1. The van der Waals surface area contributed by atoms with Crippen LogP contribution >= 0.6 is 0 Å². The highest BCUT2D eigenvalue weighted by Gasteiger charge is 2.31. The summed E-state index contributed by atoms with van der Waals surface area (Å²) in [6.07, 6.45) is -4.77. The Kier molecular flexibility index (Phi) is 5.30. The number of nitrogen functional groups attached to an aromatic ring is 1. The predicted octanol–water partition coefficient (Wildman–Crippen LogP) is 2.56. The SMILES string of the molecule is NCc1c(N)cccc1CNC(=O)c1ccc(OC(F)(F)F)cc1. The van der Waals surface area contributed by atoms with E-state index >= 15 is 0 Å². The average molecular weight is 339 g/mol. The number of carbonyl (C=O) groups excluding carboxylic acids is 1. The lowest BCUT2D eigenvalue weighted by molar-refractivity contribution is -0.274. The predicted molar refractivity (Wildman–Crippen MR) is 83.0 cm³/mol. The Hall–Kier alpha value is -2.74. The van der Waals surface area contributed by atoms with E-state index in [0.29, 0.717) is 5.69 Å². The summed E-state index contributed by atoms with van der Waals surface area (Å²) in [4.78, 5) is 12.1. The van der Waals surface area contributed by atoms with Crippen molar-refractivity contribution in [2.45, 2.75) is 19.5 Å². The minimum atomic E-state index is -4.77. The number of amides is 1. The maximum atomic E-state index is 12.1. The van der Waals surface area contributed by atoms with Gasteiger partial charge < -0.3 is 21.5 Å². The van der Waals surface area contributed by atoms with Gasteiger partial charge in [-0.05, 0) is 41.5 Å². The van der Waals surface area contributed by atoms with E-state index in [1.165, 1.54) is 12.1 Å². The molecule has 0 heterocycles. The second-order valence-electron chi connectivity index (χ2n) is 4.94. The van der Waals surface area contributed by atoms with Gasteiger partial charge in [-0.2, -0.15) is 0 Å². The molecule has 0 bridgehead atoms. The maximum Gasteiger partial charge on any atom is 0.573 e. The quantitative estimate of drug-likeness (QED) is 0.730. The summed E-state index contributed by atoms with van der Waals surface area (Å²) in [5, 5.41) is 2.67. The van der Waals surface area contributed by atoms with Gasteiger partial charge in [0.25, 0.3) is 5.91 Å². The Labute approximate surface area is 136 Å². The molecule has 8 heteroatoms. The summed E-state index contributed by atoms with van der Waals surface area (Å²) < 4.78 is 40.0. The van der Waals surface area contributed by atoms with Gasteiger partial charge in [0.2, 0.25) is 0 Å². The maximum absolute atomic E-state index is 12.1. The van der Waals surface area contributed by atoms with Gasteiger partial charge in [-0.3, -0.25) is 4.79 Å². The fourth-order valence-corrected chi connectivity index (χ4v) is 2.15. The fourth-order valence-electron chi connectivity index (χ4n) is 2.15. The first kappa shape index (κ1) is 17.6. The third-order valence-electron chi connectivity index (χ3n) is 3.30. The monoisotopic (exact) mass is 339 g/mol. The van der Waals surface area contributed by atoms with Crippen LogP contribution in [0.2, 0.25) is 0 Å². The van der Waals surface area contributed by atoms with Crippen molar-refractivity contribution in [3.05, 3.63) is 59.2 Å². The van der Waals surface area contributed by atoms with E-state index in [4.69, 9.17) is 11.5 Å². The molecule has 0 aliphatic carbocycles. The van der Waals surface area contributed by atoms with Crippen LogP contribution in [-0.4, -0.2) is 12.3 Å². The second-order valence-corrected chi connectivity index (χ2v) is 4.94. The number of halogens is 3. The molecular formula is C16H16F3N3O2. The Morgan fingerprint density at radius 2 is 1.79 bits per heavy atom. The highest BCUT2D eigenvalue weighted by molar-refractivity contribution is 5.94. The number of carbonyl (C=O) groups is 1. The van der Waals surface area contributed by atoms with Crippen molar-refractivity contribution in [2.75, 3.05) is 5.73 Å². The zero-order valence-corrected chi connectivity index (χ0v) is 12.6. The molecule has 5 N–H and O–H groups in total. The van der Waals surface area contributed by atoms with Crippen molar-refractivity contribution in [2.24, 2.45) is 5.73 Å². The molecule has 0 radical (unpaired) electrons. The topological polar surface area (TPSA) is 90.4 Å². The average Bonchev–Trinajstić information content (AvgIpc) is 2.52. The molecule has 0 fully saturated rings. The normalized spacial score (nSPS) is 11.2. The van der Waals surface area contributed by atoms with Crippen molar-refractivity contribution in [1.82, 2.24) is 5.32 Å². The van der Waals surface area contributed by atoms with Gasteiger partial charge in [0.15, 0.2) is 0 Å². The van der Waals surface area contributed by atoms with E-state index in [2.05, 4.69) is 10.1 Å². The molecule has 24 heavy (non-hydrogen) atoms. The van der Waals surface area contributed by atoms with Gasteiger partial charge in [0.1, 0.15) is 5.75 Å². The Bertz CT molecular complexity index is 715. The zero-order chi connectivity index (χ0) is 17.7. The molecule has 0 unspecified atom stereocenters. The molecular weight excluding hydrogens is 323 g/mol. The number of hydrogen-bond donors (Lipinski definition) is 3. The van der Waals surface area contributed by atoms with E-state index in [1.807, 2.05) is 0 Å². The standard InChI is InChI=1S/C16H16F3N3O2/c17-16(18,19)24-12-6-4-10(5-7-12)15(23)22-9-11-2-1-3-14(21)13(11)8-20/h1-7H,8-9,20-21H2,(H,22,23). The lowest BCUT2D eigenvalue weighted by atomic mass is 10.1. The van der Waals surface area contributed by atoms with Crippen molar-refractivity contribution < 1.29 is 22.7 Å². The van der Waals surface area contributed by atoms with Gasteiger partial charge in [0, 0.05) is 24.3 Å². The minimum absolute atomic E-state index is 0.206. The Balaban J connectivity index is 2.02. The van der Waals surface area contributed by atoms with Crippen LogP contribution in [-0.2, 0) is 13.1 Å². The summed E-state index contributed by atoms with van der Waals surface area (Å²) in [6.45, 7) is 0.443. The van der Waals surface area contributed by atoms with Gasteiger partial charge in [0.05, 0.1) is 0 Å². The second kappa shape index (κ2) is 7.22. The van der Waals surface area contributed by atoms with Gasteiger partial charge >= 0.3 is 6.36 Å². The number of rotatable bonds is 5. The molecule has 0 spiro atoms. The number of anilines is 1. The first-order chi connectivity index (χ1) is 11.3. The van der Waals surface area contributed by atoms with Crippen LogP contribution < -0.4 is 21.5 Å². The Morgan fingerprint density at radius 1 is 1.12 bits per heavy atom. The molecule has 2 rings (SSSR count). The van der Waals surface area contributed by atoms with Crippen LogP contribution in [0.15, 0.2) is 42.5 Å². The number of alkyl halides is 3. The first-order valence-electron chi connectivity index (χ1n) is 7.00. The van der Waals surface area contributed by atoms with Crippen molar-refractivity contribution >= 4 is 11.6 Å². The highest BCUT2D eigenvalue weighted by Crippen LogP contribution is 2.23. The molecule has 2 aromatic carbocycles. The van der Waals surface area contributed by atoms with Crippen LogP contribution in [0.3, 0.4) is 0 Å². The largest absolute Gasteiger partial charge is 0.573 e. The summed E-state index contributed by atoms with van der Waals surface area (Å²) >= 11 is 0. The van der Waals surface area contributed by atoms with E-state index in [1.54, 1.807) is 18.2 Å². The molecule has 0 aliphatic heterocycles. The molecule has 0 atom stereocenters. The summed E-state index contributed by atoms with van der Waals surface area (Å²) in [5.41, 5.74) is 13.7. The fraction of sp³-hybridized carbons (Fsp3) is 0.188. The highest BCUT2D eigenvalue weighted by atomic mass is 19.4. The third-order valence-corrected chi connectivity index (χ3v) is 3.30. The summed E-state index contributed by atoms with van der Waals surface area (Å²) in [7, 11) is 0. The van der Waals surface area contributed by atoms with Crippen LogP contribution in [0, 0.1) is 0 Å². The number of nitrogens with two attached hydrogens (primary N) is 2. The van der Waals surface area contributed by atoms with Crippen LogP contribution in [0.4, 0.5) is 18.9 Å². The lowest BCUT2D eigenvalue weighted by Crippen LogP contribution is -2.24. The molecule has 1 amide bonds. The van der Waals surface area contributed by atoms with E-state index in [-0.39, 0.29) is 24.4 Å². The van der Waals surface area contributed by atoms with Gasteiger partial charge in [-0.25, -0.2) is 0 Å². The molecule has 0 saturated carbocycles. The van der Waals surface area contributed by atoms with Gasteiger partial charge in [-0.1, -0.05) is 12.1 Å².